The van der Waals surface area contributed by atoms with Gasteiger partial charge in [0, 0.05) is 12.6 Å². The number of aromatic nitrogens is 4. The van der Waals surface area contributed by atoms with Gasteiger partial charge in [0.25, 0.3) is 0 Å². The van der Waals surface area contributed by atoms with E-state index in [1.165, 1.54) is 25.7 Å². The summed E-state index contributed by atoms with van der Waals surface area (Å²) >= 11 is 0. The molecule has 1 unspecified atom stereocenters. The van der Waals surface area contributed by atoms with Crippen LogP contribution in [0.25, 0.3) is 11.2 Å². The Kier molecular flexibility index (Phi) is 2.99. The SMILES string of the molecule is CCn1nc(C)c2nc(N)n(C(C)C3CCCC3)c21. The van der Waals surface area contributed by atoms with Gasteiger partial charge in [0.15, 0.2) is 5.65 Å². The fraction of sp³-hybridized carbons (Fsp3) is 0.714. The smallest absolute Gasteiger partial charge is 0.202 e. The molecule has 2 aromatic rings. The van der Waals surface area contributed by atoms with Crippen LogP contribution in [0.15, 0.2) is 0 Å². The maximum Gasteiger partial charge on any atom is 0.202 e. The van der Waals surface area contributed by atoms with Crippen LogP contribution in [0.3, 0.4) is 0 Å². The van der Waals surface area contributed by atoms with E-state index in [0.717, 1.165) is 29.3 Å². The minimum atomic E-state index is 0.411. The average Bonchev–Trinajstić information content (AvgIpc) is 3.06. The zero-order valence-corrected chi connectivity index (χ0v) is 12.1. The second kappa shape index (κ2) is 4.54. The molecule has 0 amide bonds. The highest BCUT2D eigenvalue weighted by molar-refractivity contribution is 5.77. The third kappa shape index (κ3) is 1.83. The average molecular weight is 261 g/mol. The molecule has 0 aromatic carbocycles. The van der Waals surface area contributed by atoms with Crippen LogP contribution in [-0.2, 0) is 6.54 Å². The summed E-state index contributed by atoms with van der Waals surface area (Å²) in [5, 5.41) is 4.56. The summed E-state index contributed by atoms with van der Waals surface area (Å²) in [5.74, 6) is 1.36. The summed E-state index contributed by atoms with van der Waals surface area (Å²) in [4.78, 5) is 4.53. The predicted octanol–water partition coefficient (Wildman–Crippen LogP) is 2.89. The first-order valence-corrected chi connectivity index (χ1v) is 7.34. The Morgan fingerprint density at radius 3 is 2.68 bits per heavy atom. The molecule has 2 N–H and O–H groups in total. The maximum absolute atomic E-state index is 6.17. The quantitative estimate of drug-likeness (QED) is 0.924. The van der Waals surface area contributed by atoms with Crippen molar-refractivity contribution in [3.63, 3.8) is 0 Å². The van der Waals surface area contributed by atoms with E-state index >= 15 is 0 Å². The van der Waals surface area contributed by atoms with Crippen molar-refractivity contribution in [1.82, 2.24) is 19.3 Å². The van der Waals surface area contributed by atoms with Gasteiger partial charge in [-0.05, 0) is 39.5 Å². The number of rotatable bonds is 3. The second-order valence-corrected chi connectivity index (χ2v) is 5.70. The van der Waals surface area contributed by atoms with Crippen molar-refractivity contribution in [1.29, 1.82) is 0 Å². The number of hydrogen-bond donors (Lipinski definition) is 1. The monoisotopic (exact) mass is 261 g/mol. The zero-order valence-electron chi connectivity index (χ0n) is 12.1. The normalized spacial score (nSPS) is 18.5. The molecule has 104 valence electrons. The number of imidazole rings is 1. The van der Waals surface area contributed by atoms with Gasteiger partial charge in [-0.2, -0.15) is 5.10 Å². The third-order valence-corrected chi connectivity index (χ3v) is 4.56. The van der Waals surface area contributed by atoms with E-state index in [9.17, 15) is 0 Å². The van der Waals surface area contributed by atoms with Crippen molar-refractivity contribution in [2.24, 2.45) is 5.92 Å². The number of nitrogens with zero attached hydrogens (tertiary/aromatic N) is 4. The van der Waals surface area contributed by atoms with E-state index in [-0.39, 0.29) is 0 Å². The lowest BCUT2D eigenvalue weighted by atomic mass is 10.00. The van der Waals surface area contributed by atoms with E-state index in [4.69, 9.17) is 5.73 Å². The van der Waals surface area contributed by atoms with Gasteiger partial charge in [0.05, 0.1) is 5.69 Å². The number of fused-ring (bicyclic) bond motifs is 1. The van der Waals surface area contributed by atoms with Crippen molar-refractivity contribution in [2.45, 2.75) is 59.0 Å². The second-order valence-electron chi connectivity index (χ2n) is 5.70. The first-order valence-electron chi connectivity index (χ1n) is 7.34. The molecule has 1 aliphatic rings. The van der Waals surface area contributed by atoms with Gasteiger partial charge in [0.1, 0.15) is 5.52 Å². The molecule has 1 saturated carbocycles. The molecule has 5 nitrogen and oxygen atoms in total. The summed E-state index contributed by atoms with van der Waals surface area (Å²) < 4.78 is 4.23. The fourth-order valence-corrected chi connectivity index (χ4v) is 3.48. The van der Waals surface area contributed by atoms with Gasteiger partial charge in [-0.25, -0.2) is 9.67 Å². The Balaban J connectivity index is 2.13. The highest BCUT2D eigenvalue weighted by atomic mass is 15.4. The van der Waals surface area contributed by atoms with E-state index < -0.39 is 0 Å². The molecule has 5 heteroatoms. The highest BCUT2D eigenvalue weighted by Crippen LogP contribution is 2.37. The van der Waals surface area contributed by atoms with Crippen molar-refractivity contribution in [3.8, 4) is 0 Å². The molecule has 1 atom stereocenters. The first-order chi connectivity index (χ1) is 9.13. The van der Waals surface area contributed by atoms with Crippen molar-refractivity contribution in [3.05, 3.63) is 5.69 Å². The number of anilines is 1. The molecule has 1 fully saturated rings. The summed E-state index contributed by atoms with van der Waals surface area (Å²) in [7, 11) is 0. The van der Waals surface area contributed by atoms with Gasteiger partial charge in [-0.1, -0.05) is 12.8 Å². The standard InChI is InChI=1S/C14H23N5/c1-4-18-13-12(9(2)17-18)16-14(15)19(13)10(3)11-7-5-6-8-11/h10-11H,4-8H2,1-3H3,(H2,15,16). The summed E-state index contributed by atoms with van der Waals surface area (Å²) in [5.41, 5.74) is 9.20. The molecule has 2 heterocycles. The van der Waals surface area contributed by atoms with E-state index in [1.54, 1.807) is 0 Å². The zero-order chi connectivity index (χ0) is 13.6. The Morgan fingerprint density at radius 1 is 1.37 bits per heavy atom. The van der Waals surface area contributed by atoms with Gasteiger partial charge < -0.3 is 5.73 Å². The van der Waals surface area contributed by atoms with Crippen LogP contribution >= 0.6 is 0 Å². The van der Waals surface area contributed by atoms with Crippen LogP contribution in [0, 0.1) is 12.8 Å². The Hall–Kier alpha value is -1.52. The Morgan fingerprint density at radius 2 is 2.05 bits per heavy atom. The predicted molar refractivity (Wildman–Crippen MR) is 77.0 cm³/mol. The maximum atomic E-state index is 6.17. The van der Waals surface area contributed by atoms with Crippen LogP contribution in [0.1, 0.15) is 51.3 Å². The molecular formula is C14H23N5. The topological polar surface area (TPSA) is 61.7 Å². The van der Waals surface area contributed by atoms with E-state index in [1.807, 2.05) is 11.6 Å². The molecule has 3 rings (SSSR count). The van der Waals surface area contributed by atoms with Crippen LogP contribution in [-0.4, -0.2) is 19.3 Å². The lowest BCUT2D eigenvalue weighted by molar-refractivity contribution is 0.366. The minimum Gasteiger partial charge on any atom is -0.369 e. The molecule has 1 aliphatic carbocycles. The molecule has 19 heavy (non-hydrogen) atoms. The molecule has 2 aromatic heterocycles. The number of nitrogens with two attached hydrogens (primary N) is 1. The van der Waals surface area contributed by atoms with Crippen LogP contribution < -0.4 is 5.73 Å². The highest BCUT2D eigenvalue weighted by Gasteiger charge is 2.27. The van der Waals surface area contributed by atoms with Crippen LogP contribution in [0.5, 0.6) is 0 Å². The first kappa shape index (κ1) is 12.5. The molecule has 0 bridgehead atoms. The van der Waals surface area contributed by atoms with Crippen molar-refractivity contribution >= 4 is 17.1 Å². The molecule has 0 saturated heterocycles. The van der Waals surface area contributed by atoms with Gasteiger partial charge >= 0.3 is 0 Å². The third-order valence-electron chi connectivity index (χ3n) is 4.56. The Labute approximate surface area is 113 Å². The molecule has 0 spiro atoms. The number of nitrogen functional groups attached to an aromatic ring is 1. The van der Waals surface area contributed by atoms with E-state index in [2.05, 4.69) is 28.5 Å². The summed E-state index contributed by atoms with van der Waals surface area (Å²) in [6.07, 6.45) is 5.30. The van der Waals surface area contributed by atoms with E-state index in [0.29, 0.717) is 12.0 Å². The van der Waals surface area contributed by atoms with Gasteiger partial charge in [-0.3, -0.25) is 4.57 Å². The van der Waals surface area contributed by atoms with Crippen molar-refractivity contribution < 1.29 is 0 Å². The summed E-state index contributed by atoms with van der Waals surface area (Å²) in [6.45, 7) is 7.24. The van der Waals surface area contributed by atoms with Crippen LogP contribution in [0.4, 0.5) is 5.95 Å². The number of hydrogen-bond acceptors (Lipinski definition) is 3. The molecular weight excluding hydrogens is 238 g/mol. The number of aryl methyl sites for hydroxylation is 2. The Bertz CT molecular complexity index is 589. The molecule has 0 radical (unpaired) electrons. The fourth-order valence-electron chi connectivity index (χ4n) is 3.48. The minimum absolute atomic E-state index is 0.411. The largest absolute Gasteiger partial charge is 0.369 e. The van der Waals surface area contributed by atoms with Crippen molar-refractivity contribution in [2.75, 3.05) is 5.73 Å². The van der Waals surface area contributed by atoms with Gasteiger partial charge in [-0.15, -0.1) is 0 Å². The lowest BCUT2D eigenvalue weighted by Gasteiger charge is -2.22. The van der Waals surface area contributed by atoms with Gasteiger partial charge in [0.2, 0.25) is 5.95 Å². The lowest BCUT2D eigenvalue weighted by Crippen LogP contribution is -2.18. The molecule has 0 aliphatic heterocycles. The van der Waals surface area contributed by atoms with Crippen LogP contribution in [0.2, 0.25) is 0 Å². The summed E-state index contributed by atoms with van der Waals surface area (Å²) in [6, 6.07) is 0.411.